The van der Waals surface area contributed by atoms with Crippen molar-refractivity contribution in [3.05, 3.63) is 60.2 Å². The first-order valence-corrected chi connectivity index (χ1v) is 15.5. The van der Waals surface area contributed by atoms with E-state index in [0.29, 0.717) is 62.2 Å². The van der Waals surface area contributed by atoms with E-state index in [1.165, 1.54) is 0 Å². The van der Waals surface area contributed by atoms with Crippen molar-refractivity contribution in [2.75, 3.05) is 24.7 Å². The van der Waals surface area contributed by atoms with E-state index < -0.39 is 11.2 Å². The fourth-order valence-electron chi connectivity index (χ4n) is 5.53. The maximum Gasteiger partial charge on any atom is 0.152 e. The lowest BCUT2D eigenvalue weighted by atomic mass is 10.1. The van der Waals surface area contributed by atoms with E-state index in [2.05, 4.69) is 19.9 Å². The van der Waals surface area contributed by atoms with Gasteiger partial charge in [0.25, 0.3) is 0 Å². The number of benzene rings is 2. The summed E-state index contributed by atoms with van der Waals surface area (Å²) < 4.78 is 15.0. The first-order chi connectivity index (χ1) is 21.8. The van der Waals surface area contributed by atoms with E-state index in [-0.39, 0.29) is 0 Å². The van der Waals surface area contributed by atoms with Crippen LogP contribution in [0, 0.1) is 0 Å². The third kappa shape index (κ3) is 7.05. The number of fused-ring (bicyclic) bond motifs is 6. The molecule has 0 unspecified atom stereocenters. The fourth-order valence-corrected chi connectivity index (χ4v) is 5.53. The zero-order chi connectivity index (χ0) is 33.2. The van der Waals surface area contributed by atoms with Crippen molar-refractivity contribution < 1.29 is 19.7 Å². The number of hydrogen-bond acceptors (Lipinski definition) is 10. The highest BCUT2D eigenvalue weighted by molar-refractivity contribution is 6.07. The minimum atomic E-state index is -0.881. The smallest absolute Gasteiger partial charge is 0.152 e. The molecule has 0 aliphatic carbocycles. The number of pyridine rings is 2. The Labute approximate surface area is 268 Å². The second-order valence-corrected chi connectivity index (χ2v) is 12.6. The molecule has 6 N–H and O–H groups in total. The molecule has 6 aromatic rings. The van der Waals surface area contributed by atoms with Gasteiger partial charge in [0.1, 0.15) is 35.9 Å². The zero-order valence-corrected chi connectivity index (χ0v) is 27.4. The monoisotopic (exact) mass is 628 g/mol. The molecule has 244 valence electrons. The van der Waals surface area contributed by atoms with Gasteiger partial charge in [-0.15, -0.1) is 0 Å². The third-order valence-electron chi connectivity index (χ3n) is 7.34. The van der Waals surface area contributed by atoms with Gasteiger partial charge in [0.05, 0.1) is 46.4 Å². The highest BCUT2D eigenvalue weighted by atomic mass is 16.5. The van der Waals surface area contributed by atoms with Crippen molar-refractivity contribution >= 4 is 55.5 Å². The largest absolute Gasteiger partial charge is 0.389 e. The molecule has 2 aromatic carbocycles. The van der Waals surface area contributed by atoms with Gasteiger partial charge in [-0.05, 0) is 53.7 Å². The Morgan fingerprint density at radius 1 is 0.630 bits per heavy atom. The lowest BCUT2D eigenvalue weighted by Gasteiger charge is -2.20. The summed E-state index contributed by atoms with van der Waals surface area (Å²) in [5.41, 5.74) is 15.2. The Hall–Kier alpha value is -4.36. The molecular weight excluding hydrogens is 584 g/mol. The quantitative estimate of drug-likeness (QED) is 0.163. The number of ether oxygens (including phenoxy) is 2. The van der Waals surface area contributed by atoms with Crippen LogP contribution in [-0.4, -0.2) is 63.7 Å². The molecule has 12 heteroatoms. The van der Waals surface area contributed by atoms with Crippen LogP contribution in [0.3, 0.4) is 0 Å². The number of nitrogens with two attached hydrogens (primary N) is 2. The molecule has 4 aromatic heterocycles. The molecule has 0 radical (unpaired) electrons. The summed E-state index contributed by atoms with van der Waals surface area (Å²) in [6.45, 7) is 13.7. The van der Waals surface area contributed by atoms with E-state index in [9.17, 15) is 10.2 Å². The molecule has 4 heterocycles. The van der Waals surface area contributed by atoms with Gasteiger partial charge in [0.2, 0.25) is 0 Å². The molecule has 0 amide bonds. The Morgan fingerprint density at radius 3 is 1.35 bits per heavy atom. The van der Waals surface area contributed by atoms with E-state index in [4.69, 9.17) is 20.9 Å². The van der Waals surface area contributed by atoms with Crippen molar-refractivity contribution in [3.63, 3.8) is 0 Å². The van der Waals surface area contributed by atoms with Crippen LogP contribution in [0.25, 0.3) is 43.9 Å². The summed E-state index contributed by atoms with van der Waals surface area (Å²) >= 11 is 0. The standard InChI is InChI=1S/2C17H22N4O2/c2*1-4-23-9-13-20-14-15(21(13)10-17(2,3)22)11-7-5-6-8-12(11)19-16(14)18/h2*5-8,22H,4,9-10H2,1-3H3,(H2,18,19). The number of nitrogens with zero attached hydrogens (tertiary/aromatic N) is 6. The second kappa shape index (κ2) is 13.2. The van der Waals surface area contributed by atoms with Crippen LogP contribution < -0.4 is 11.5 Å². The minimum absolute atomic E-state index is 0.370. The van der Waals surface area contributed by atoms with Gasteiger partial charge in [0, 0.05) is 24.0 Å². The van der Waals surface area contributed by atoms with E-state index in [1.807, 2.05) is 71.5 Å². The van der Waals surface area contributed by atoms with Crippen molar-refractivity contribution in [1.82, 2.24) is 29.1 Å². The number of imidazole rings is 2. The summed E-state index contributed by atoms with van der Waals surface area (Å²) in [5, 5.41) is 22.5. The number of anilines is 2. The predicted molar refractivity (Wildman–Crippen MR) is 182 cm³/mol. The van der Waals surface area contributed by atoms with Gasteiger partial charge in [-0.3, -0.25) is 0 Å². The van der Waals surface area contributed by atoms with Crippen molar-refractivity contribution in [3.8, 4) is 0 Å². The van der Waals surface area contributed by atoms with Crippen LogP contribution in [0.15, 0.2) is 48.5 Å². The molecule has 0 saturated carbocycles. The third-order valence-corrected chi connectivity index (χ3v) is 7.34. The lowest BCUT2D eigenvalue weighted by Crippen LogP contribution is -2.27. The Balaban J connectivity index is 0.000000181. The Kier molecular flexibility index (Phi) is 9.45. The van der Waals surface area contributed by atoms with Crippen LogP contribution in [-0.2, 0) is 35.8 Å². The van der Waals surface area contributed by atoms with Crippen LogP contribution in [0.1, 0.15) is 53.2 Å². The van der Waals surface area contributed by atoms with E-state index in [0.717, 1.165) is 44.5 Å². The molecule has 0 spiro atoms. The molecular formula is C34H44N8O4. The summed E-state index contributed by atoms with van der Waals surface area (Å²) in [6.07, 6.45) is 0. The summed E-state index contributed by atoms with van der Waals surface area (Å²) in [6, 6.07) is 15.6. The van der Waals surface area contributed by atoms with Crippen molar-refractivity contribution in [1.29, 1.82) is 0 Å². The number of aliphatic hydroxyl groups is 2. The molecule has 0 atom stereocenters. The first kappa shape index (κ1) is 33.0. The number of para-hydroxylation sites is 2. The van der Waals surface area contributed by atoms with Gasteiger partial charge >= 0.3 is 0 Å². The fraction of sp³-hybridized carbons (Fsp3) is 0.412. The molecule has 0 saturated heterocycles. The number of hydrogen-bond donors (Lipinski definition) is 4. The molecule has 0 aliphatic heterocycles. The van der Waals surface area contributed by atoms with Gasteiger partial charge in [-0.25, -0.2) is 19.9 Å². The Morgan fingerprint density at radius 2 is 1.00 bits per heavy atom. The first-order valence-electron chi connectivity index (χ1n) is 15.5. The van der Waals surface area contributed by atoms with Gasteiger partial charge in [-0.1, -0.05) is 36.4 Å². The maximum atomic E-state index is 10.3. The highest BCUT2D eigenvalue weighted by Gasteiger charge is 2.24. The van der Waals surface area contributed by atoms with Crippen molar-refractivity contribution in [2.45, 2.75) is 79.0 Å². The number of rotatable bonds is 10. The lowest BCUT2D eigenvalue weighted by molar-refractivity contribution is 0.0576. The van der Waals surface area contributed by atoms with Gasteiger partial charge < -0.3 is 40.3 Å². The van der Waals surface area contributed by atoms with E-state index >= 15 is 0 Å². The topological polar surface area (TPSA) is 172 Å². The van der Waals surface area contributed by atoms with Crippen LogP contribution in [0.5, 0.6) is 0 Å². The zero-order valence-electron chi connectivity index (χ0n) is 27.4. The van der Waals surface area contributed by atoms with Gasteiger partial charge in [-0.2, -0.15) is 0 Å². The summed E-state index contributed by atoms with van der Waals surface area (Å²) in [5.74, 6) is 2.28. The van der Waals surface area contributed by atoms with Gasteiger partial charge in [0.15, 0.2) is 11.6 Å². The molecule has 0 aliphatic rings. The molecule has 6 rings (SSSR count). The van der Waals surface area contributed by atoms with Crippen LogP contribution in [0.4, 0.5) is 11.6 Å². The Bertz CT molecular complexity index is 1840. The summed E-state index contributed by atoms with van der Waals surface area (Å²) in [7, 11) is 0. The summed E-state index contributed by atoms with van der Waals surface area (Å²) in [4.78, 5) is 18.1. The molecule has 0 fully saturated rings. The van der Waals surface area contributed by atoms with Crippen molar-refractivity contribution in [2.24, 2.45) is 0 Å². The van der Waals surface area contributed by atoms with Crippen LogP contribution in [0.2, 0.25) is 0 Å². The number of aromatic nitrogens is 6. The normalized spacial score (nSPS) is 12.3. The SMILES string of the molecule is CCOCc1nc2c(N)nc3ccccc3c2n1CC(C)(C)O.CCOCc1nc2c(N)nc3ccccc3c2n1CC(C)(C)O. The average Bonchev–Trinajstić information content (AvgIpc) is 3.53. The highest BCUT2D eigenvalue weighted by Crippen LogP contribution is 2.31. The average molecular weight is 629 g/mol. The maximum absolute atomic E-state index is 10.3. The molecule has 46 heavy (non-hydrogen) atoms. The van der Waals surface area contributed by atoms with E-state index in [1.54, 1.807) is 27.7 Å². The minimum Gasteiger partial charge on any atom is -0.389 e. The second-order valence-electron chi connectivity index (χ2n) is 12.6. The van der Waals surface area contributed by atoms with Crippen LogP contribution >= 0.6 is 0 Å². The molecule has 12 nitrogen and oxygen atoms in total. The molecule has 0 bridgehead atoms. The number of nitrogen functional groups attached to an aromatic ring is 2. The predicted octanol–water partition coefficient (Wildman–Crippen LogP) is 4.95.